The van der Waals surface area contributed by atoms with Crippen molar-refractivity contribution in [1.82, 2.24) is 9.80 Å². The highest BCUT2D eigenvalue weighted by Gasteiger charge is 2.45. The molecule has 182 valence electrons. The lowest BCUT2D eigenvalue weighted by Crippen LogP contribution is -2.32. The Morgan fingerprint density at radius 3 is 2.41 bits per heavy atom. The molecule has 0 radical (unpaired) electrons. The van der Waals surface area contributed by atoms with Crippen molar-refractivity contribution in [2.24, 2.45) is 0 Å². The van der Waals surface area contributed by atoms with Gasteiger partial charge in [0.15, 0.2) is 0 Å². The van der Waals surface area contributed by atoms with Gasteiger partial charge in [0, 0.05) is 12.1 Å². The highest BCUT2D eigenvalue weighted by atomic mass is 16.5. The van der Waals surface area contributed by atoms with Crippen LogP contribution in [0.4, 0.5) is 0 Å². The number of benzene rings is 2. The molecule has 1 N–H and O–H groups in total. The minimum atomic E-state index is -0.676. The van der Waals surface area contributed by atoms with E-state index in [1.807, 2.05) is 45.0 Å². The standard InChI is InChI=1S/C27H34N2O5/c1-6-16-34-22-13-10-20(17-18(22)2)25(30)23-24(19-8-11-21(33-5)12-9-19)29(27(32)26(23)31)15-7-14-28(3)4/h8-13,17,24,30H,6-7,14-16H2,1-5H3. The zero-order valence-electron chi connectivity index (χ0n) is 20.6. The number of carbonyl (C=O) groups excluding carboxylic acids is 2. The maximum atomic E-state index is 13.2. The number of likely N-dealkylation sites (tertiary alicyclic amines) is 1. The molecule has 7 nitrogen and oxygen atoms in total. The molecule has 1 unspecified atom stereocenters. The molecule has 0 saturated carbocycles. The van der Waals surface area contributed by atoms with Gasteiger partial charge in [0.05, 0.1) is 25.3 Å². The van der Waals surface area contributed by atoms with E-state index in [9.17, 15) is 14.7 Å². The van der Waals surface area contributed by atoms with E-state index in [-0.39, 0.29) is 11.3 Å². The number of ether oxygens (including phenoxy) is 2. The van der Waals surface area contributed by atoms with Gasteiger partial charge >= 0.3 is 0 Å². The van der Waals surface area contributed by atoms with Gasteiger partial charge in [-0.05, 0) is 81.9 Å². The van der Waals surface area contributed by atoms with Crippen LogP contribution in [0.1, 0.15) is 42.5 Å². The molecule has 1 atom stereocenters. The Kier molecular flexibility index (Phi) is 8.34. The van der Waals surface area contributed by atoms with Crippen LogP contribution in [0.2, 0.25) is 0 Å². The van der Waals surface area contributed by atoms with Crippen molar-refractivity contribution in [3.63, 3.8) is 0 Å². The summed E-state index contributed by atoms with van der Waals surface area (Å²) in [6.45, 7) is 5.70. The van der Waals surface area contributed by atoms with Gasteiger partial charge in [0.1, 0.15) is 17.3 Å². The molecule has 7 heteroatoms. The minimum Gasteiger partial charge on any atom is -0.507 e. The second-order valence-corrected chi connectivity index (χ2v) is 8.75. The van der Waals surface area contributed by atoms with E-state index in [1.54, 1.807) is 42.3 Å². The van der Waals surface area contributed by atoms with Gasteiger partial charge in [0.2, 0.25) is 0 Å². The summed E-state index contributed by atoms with van der Waals surface area (Å²) in [6, 6.07) is 11.9. The van der Waals surface area contributed by atoms with Crippen LogP contribution < -0.4 is 9.47 Å². The Bertz CT molecular complexity index is 1060. The van der Waals surface area contributed by atoms with Crippen LogP contribution in [0.25, 0.3) is 5.76 Å². The van der Waals surface area contributed by atoms with E-state index in [0.29, 0.717) is 30.9 Å². The molecule has 0 spiro atoms. The number of hydrogen-bond donors (Lipinski definition) is 1. The number of amides is 1. The lowest BCUT2D eigenvalue weighted by Gasteiger charge is -2.26. The van der Waals surface area contributed by atoms with Crippen molar-refractivity contribution in [3.05, 3.63) is 64.7 Å². The van der Waals surface area contributed by atoms with E-state index in [2.05, 4.69) is 0 Å². The molecule has 1 aliphatic heterocycles. The average molecular weight is 467 g/mol. The second-order valence-electron chi connectivity index (χ2n) is 8.75. The van der Waals surface area contributed by atoms with Crippen LogP contribution in [-0.4, -0.2) is 67.5 Å². The topological polar surface area (TPSA) is 79.3 Å². The molecule has 2 aromatic carbocycles. The van der Waals surface area contributed by atoms with Gasteiger partial charge in [-0.3, -0.25) is 9.59 Å². The molecule has 0 aromatic heterocycles. The van der Waals surface area contributed by atoms with Gasteiger partial charge in [-0.25, -0.2) is 0 Å². The lowest BCUT2D eigenvalue weighted by atomic mass is 9.94. The van der Waals surface area contributed by atoms with Crippen molar-refractivity contribution >= 4 is 17.4 Å². The van der Waals surface area contributed by atoms with Gasteiger partial charge in [0.25, 0.3) is 11.7 Å². The third-order valence-corrected chi connectivity index (χ3v) is 5.89. The largest absolute Gasteiger partial charge is 0.507 e. The van der Waals surface area contributed by atoms with Gasteiger partial charge < -0.3 is 24.4 Å². The Morgan fingerprint density at radius 2 is 1.82 bits per heavy atom. The Hall–Kier alpha value is -3.32. The molecule has 0 aliphatic carbocycles. The summed E-state index contributed by atoms with van der Waals surface area (Å²) >= 11 is 0. The molecule has 1 saturated heterocycles. The van der Waals surface area contributed by atoms with Crippen LogP contribution in [0.3, 0.4) is 0 Å². The van der Waals surface area contributed by atoms with E-state index >= 15 is 0 Å². The van der Waals surface area contributed by atoms with Crippen molar-refractivity contribution in [2.75, 3.05) is 40.9 Å². The van der Waals surface area contributed by atoms with Crippen LogP contribution in [0, 0.1) is 6.92 Å². The number of rotatable bonds is 10. The maximum Gasteiger partial charge on any atom is 0.295 e. The zero-order chi connectivity index (χ0) is 24.8. The van der Waals surface area contributed by atoms with Crippen molar-refractivity contribution < 1.29 is 24.2 Å². The summed E-state index contributed by atoms with van der Waals surface area (Å²) in [5.41, 5.74) is 2.16. The highest BCUT2D eigenvalue weighted by molar-refractivity contribution is 6.46. The zero-order valence-corrected chi connectivity index (χ0v) is 20.6. The number of hydrogen-bond acceptors (Lipinski definition) is 6. The molecular weight excluding hydrogens is 432 g/mol. The van der Waals surface area contributed by atoms with Gasteiger partial charge in [-0.15, -0.1) is 0 Å². The fourth-order valence-electron chi connectivity index (χ4n) is 4.13. The number of carbonyl (C=O) groups is 2. The Balaban J connectivity index is 2.05. The average Bonchev–Trinajstić information content (AvgIpc) is 3.07. The molecule has 0 bridgehead atoms. The van der Waals surface area contributed by atoms with Crippen LogP contribution in [-0.2, 0) is 9.59 Å². The van der Waals surface area contributed by atoms with Crippen molar-refractivity contribution in [2.45, 2.75) is 32.7 Å². The minimum absolute atomic E-state index is 0.0987. The van der Waals surface area contributed by atoms with E-state index in [4.69, 9.17) is 9.47 Å². The smallest absolute Gasteiger partial charge is 0.295 e. The predicted octanol–water partition coefficient (Wildman–Crippen LogP) is 4.17. The molecule has 1 fully saturated rings. The molecule has 1 heterocycles. The number of aryl methyl sites for hydroxylation is 1. The van der Waals surface area contributed by atoms with Crippen molar-refractivity contribution in [1.29, 1.82) is 0 Å². The SMILES string of the molecule is CCCOc1ccc(C(O)=C2C(=O)C(=O)N(CCCN(C)C)C2c2ccc(OC)cc2)cc1C. The summed E-state index contributed by atoms with van der Waals surface area (Å²) < 4.78 is 11.0. The normalized spacial score (nSPS) is 17.5. The number of ketones is 1. The lowest BCUT2D eigenvalue weighted by molar-refractivity contribution is -0.139. The molecular formula is C27H34N2O5. The van der Waals surface area contributed by atoms with Crippen LogP contribution in [0.5, 0.6) is 11.5 Å². The van der Waals surface area contributed by atoms with E-state index in [1.165, 1.54) is 0 Å². The number of aliphatic hydroxyl groups is 1. The fraction of sp³-hybridized carbons (Fsp3) is 0.407. The number of Topliss-reactive ketones (excluding diaryl/α,β-unsaturated/α-hetero) is 1. The number of aliphatic hydroxyl groups excluding tert-OH is 1. The number of nitrogens with zero attached hydrogens (tertiary/aromatic N) is 2. The summed E-state index contributed by atoms with van der Waals surface area (Å²) in [4.78, 5) is 29.8. The van der Waals surface area contributed by atoms with Crippen molar-refractivity contribution in [3.8, 4) is 11.5 Å². The molecule has 2 aromatic rings. The van der Waals surface area contributed by atoms with Crippen LogP contribution in [0.15, 0.2) is 48.0 Å². The van der Waals surface area contributed by atoms with E-state index in [0.717, 1.165) is 29.8 Å². The maximum absolute atomic E-state index is 13.2. The third kappa shape index (κ3) is 5.42. The summed E-state index contributed by atoms with van der Waals surface area (Å²) in [7, 11) is 5.51. The monoisotopic (exact) mass is 466 g/mol. The summed E-state index contributed by atoms with van der Waals surface area (Å²) in [5, 5.41) is 11.3. The fourth-order valence-corrected chi connectivity index (χ4v) is 4.13. The first-order valence-electron chi connectivity index (χ1n) is 11.6. The first-order chi connectivity index (χ1) is 16.3. The molecule has 34 heavy (non-hydrogen) atoms. The second kappa shape index (κ2) is 11.2. The summed E-state index contributed by atoms with van der Waals surface area (Å²) in [6.07, 6.45) is 1.59. The highest BCUT2D eigenvalue weighted by Crippen LogP contribution is 2.40. The molecule has 3 rings (SSSR count). The molecule has 1 aliphatic rings. The first-order valence-corrected chi connectivity index (χ1v) is 11.6. The molecule has 1 amide bonds. The summed E-state index contributed by atoms with van der Waals surface area (Å²) in [5.74, 6) is -0.0480. The first kappa shape index (κ1) is 25.3. The third-order valence-electron chi connectivity index (χ3n) is 5.89. The van der Waals surface area contributed by atoms with Crippen LogP contribution >= 0.6 is 0 Å². The Morgan fingerprint density at radius 1 is 1.12 bits per heavy atom. The number of methoxy groups -OCH3 is 1. The van der Waals surface area contributed by atoms with Gasteiger partial charge in [-0.2, -0.15) is 0 Å². The van der Waals surface area contributed by atoms with Gasteiger partial charge in [-0.1, -0.05) is 19.1 Å². The quantitative estimate of drug-likeness (QED) is 0.322. The Labute approximate surface area is 201 Å². The van der Waals surface area contributed by atoms with E-state index < -0.39 is 17.7 Å². The predicted molar refractivity (Wildman–Crippen MR) is 132 cm³/mol.